The van der Waals surface area contributed by atoms with Gasteiger partial charge in [0.2, 0.25) is 22.3 Å². The number of benzene rings is 3. The highest BCUT2D eigenvalue weighted by Gasteiger charge is 2.52. The highest BCUT2D eigenvalue weighted by molar-refractivity contribution is 7.89. The first-order chi connectivity index (χ1) is 24.7. The normalized spacial score (nSPS) is 19.8. The van der Waals surface area contributed by atoms with Gasteiger partial charge < -0.3 is 5.73 Å². The molecule has 0 heterocycles. The summed E-state index contributed by atoms with van der Waals surface area (Å²) in [5.74, 6) is -0.356. The summed E-state index contributed by atoms with van der Waals surface area (Å²) in [5.41, 5.74) is 7.93. The lowest BCUT2D eigenvalue weighted by molar-refractivity contribution is -0.127. The van der Waals surface area contributed by atoms with Crippen molar-refractivity contribution in [2.75, 3.05) is 19.6 Å². The number of allylic oxidation sites excluding steroid dienone is 4. The van der Waals surface area contributed by atoms with E-state index in [9.17, 15) is 22.8 Å². The predicted molar refractivity (Wildman–Crippen MR) is 201 cm³/mol. The van der Waals surface area contributed by atoms with E-state index < -0.39 is 15.4 Å². The summed E-state index contributed by atoms with van der Waals surface area (Å²) in [7, 11) is -3.73. The number of nitrogens with two attached hydrogens (primary N) is 1. The van der Waals surface area contributed by atoms with E-state index in [1.807, 2.05) is 67.6 Å². The highest BCUT2D eigenvalue weighted by atomic mass is 32.2. The van der Waals surface area contributed by atoms with E-state index in [0.29, 0.717) is 50.9 Å². The van der Waals surface area contributed by atoms with Gasteiger partial charge in [0, 0.05) is 25.2 Å². The molecule has 0 radical (unpaired) electrons. The molecule has 2 aliphatic rings. The number of carbonyl (C=O) groups excluding carboxylic acids is 3. The fourth-order valence-electron chi connectivity index (χ4n) is 8.07. The number of hydrogen-bond donors (Lipinski definition) is 1. The van der Waals surface area contributed by atoms with E-state index in [0.717, 1.165) is 49.7 Å². The Morgan fingerprint density at radius 3 is 2.14 bits per heavy atom. The Bertz CT molecular complexity index is 1780. The van der Waals surface area contributed by atoms with E-state index in [1.165, 1.54) is 4.90 Å². The molecular formula is C42H51N3O5S. The summed E-state index contributed by atoms with van der Waals surface area (Å²) in [5, 5.41) is 0. The first-order valence-corrected chi connectivity index (χ1v) is 19.7. The summed E-state index contributed by atoms with van der Waals surface area (Å²) in [4.78, 5) is 39.4. The fourth-order valence-corrected chi connectivity index (χ4v) is 9.57. The van der Waals surface area contributed by atoms with Gasteiger partial charge in [-0.05, 0) is 93.0 Å². The number of aryl methyl sites for hydroxylation is 1. The van der Waals surface area contributed by atoms with Crippen molar-refractivity contribution >= 4 is 28.2 Å². The number of hydrogen-bond acceptors (Lipinski definition) is 5. The largest absolute Gasteiger partial charge is 0.369 e. The third-order valence-electron chi connectivity index (χ3n) is 10.8. The Balaban J connectivity index is 1.23. The second-order valence-electron chi connectivity index (χ2n) is 14.0. The van der Waals surface area contributed by atoms with Gasteiger partial charge in [-0.25, -0.2) is 8.42 Å². The van der Waals surface area contributed by atoms with Crippen LogP contribution in [0.3, 0.4) is 0 Å². The van der Waals surface area contributed by atoms with Gasteiger partial charge in [0.25, 0.3) is 5.91 Å². The maximum absolute atomic E-state index is 14.0. The molecule has 8 nitrogen and oxygen atoms in total. The van der Waals surface area contributed by atoms with Crippen molar-refractivity contribution < 1.29 is 22.8 Å². The average molecular weight is 710 g/mol. The zero-order chi connectivity index (χ0) is 36.3. The smallest absolute Gasteiger partial charge is 0.260 e. The minimum atomic E-state index is -3.73. The zero-order valence-corrected chi connectivity index (χ0v) is 30.4. The lowest BCUT2D eigenvalue weighted by atomic mass is 9.59. The number of nitrogens with zero attached hydrogens (tertiary/aromatic N) is 2. The van der Waals surface area contributed by atoms with Crippen LogP contribution in [0.1, 0.15) is 79.3 Å². The third kappa shape index (κ3) is 8.94. The number of imide groups is 1. The molecule has 270 valence electrons. The molecular weight excluding hydrogens is 659 g/mol. The van der Waals surface area contributed by atoms with E-state index >= 15 is 0 Å². The SMILES string of the molecule is Cc1ccc(S(=O)(=O)N(CCCCCCN(C=O)C(=O)c2ccccc2)CCC2CCC(C(C(N)=O)(c3ccccc3)C3C=CC=CC3)C2)cc1. The van der Waals surface area contributed by atoms with Crippen molar-refractivity contribution in [3.63, 3.8) is 0 Å². The monoisotopic (exact) mass is 709 g/mol. The highest BCUT2D eigenvalue weighted by Crippen LogP contribution is 2.51. The zero-order valence-electron chi connectivity index (χ0n) is 29.6. The Morgan fingerprint density at radius 2 is 1.51 bits per heavy atom. The second-order valence-corrected chi connectivity index (χ2v) is 16.0. The van der Waals surface area contributed by atoms with E-state index in [1.54, 1.807) is 40.7 Å². The number of amides is 3. The summed E-state index contributed by atoms with van der Waals surface area (Å²) in [6, 6.07) is 25.7. The van der Waals surface area contributed by atoms with Gasteiger partial charge in [-0.15, -0.1) is 0 Å². The van der Waals surface area contributed by atoms with Crippen LogP contribution in [-0.4, -0.2) is 55.5 Å². The number of rotatable bonds is 18. The molecule has 1 saturated carbocycles. The van der Waals surface area contributed by atoms with Gasteiger partial charge in [0.05, 0.1) is 10.3 Å². The summed E-state index contributed by atoms with van der Waals surface area (Å²) >= 11 is 0. The first-order valence-electron chi connectivity index (χ1n) is 18.2. The van der Waals surface area contributed by atoms with Crippen molar-refractivity contribution in [3.05, 3.63) is 126 Å². The van der Waals surface area contributed by atoms with E-state index in [4.69, 9.17) is 5.73 Å². The average Bonchev–Trinajstić information content (AvgIpc) is 3.62. The van der Waals surface area contributed by atoms with Crippen LogP contribution in [0.25, 0.3) is 0 Å². The fraction of sp³-hybridized carbons (Fsp3) is 0.405. The van der Waals surface area contributed by atoms with Crippen molar-refractivity contribution in [2.45, 2.75) is 75.0 Å². The number of sulfonamides is 1. The molecule has 0 bridgehead atoms. The summed E-state index contributed by atoms with van der Waals surface area (Å²) < 4.78 is 29.6. The van der Waals surface area contributed by atoms with Gasteiger partial charge in [0.1, 0.15) is 0 Å². The summed E-state index contributed by atoms with van der Waals surface area (Å²) in [6.45, 7) is 3.01. The molecule has 4 atom stereocenters. The van der Waals surface area contributed by atoms with Gasteiger partial charge in [0.15, 0.2) is 0 Å². The van der Waals surface area contributed by atoms with Crippen molar-refractivity contribution in [2.24, 2.45) is 23.5 Å². The maximum atomic E-state index is 14.0. The molecule has 2 N–H and O–H groups in total. The van der Waals surface area contributed by atoms with Crippen LogP contribution in [0.5, 0.6) is 0 Å². The molecule has 9 heteroatoms. The summed E-state index contributed by atoms with van der Waals surface area (Å²) in [6.07, 6.45) is 15.7. The molecule has 0 spiro atoms. The van der Waals surface area contributed by atoms with Crippen molar-refractivity contribution in [1.29, 1.82) is 0 Å². The standard InChI is InChI=1S/C42H51N3O5S/c1-33-21-25-39(26-22-33)51(49,50)45(29-14-3-2-13-28-44(32-46)40(47)35-15-7-4-8-16-35)30-27-34-23-24-38(31-34)42(41(43)48,36-17-9-5-10-18-36)37-19-11-6-12-20-37/h4-12,15-19,21-22,25-26,32,34,37-38H,2-3,13-14,20,23-24,27-31H2,1H3,(H2,43,48). The molecule has 3 amide bonds. The minimum Gasteiger partial charge on any atom is -0.369 e. The Morgan fingerprint density at radius 1 is 0.843 bits per heavy atom. The van der Waals surface area contributed by atoms with E-state index in [2.05, 4.69) is 12.2 Å². The van der Waals surface area contributed by atoms with Crippen molar-refractivity contribution in [3.8, 4) is 0 Å². The van der Waals surface area contributed by atoms with Crippen LogP contribution in [-0.2, 0) is 25.0 Å². The van der Waals surface area contributed by atoms with Gasteiger partial charge in [-0.3, -0.25) is 19.3 Å². The molecule has 5 rings (SSSR count). The molecule has 4 unspecified atom stereocenters. The number of primary amides is 1. The van der Waals surface area contributed by atoms with Crippen molar-refractivity contribution in [1.82, 2.24) is 9.21 Å². The molecule has 1 fully saturated rings. The first kappa shape index (κ1) is 37.9. The molecule has 3 aromatic rings. The van der Waals surface area contributed by atoms with Crippen LogP contribution < -0.4 is 5.73 Å². The van der Waals surface area contributed by atoms with Crippen LogP contribution in [0.15, 0.2) is 114 Å². The topological polar surface area (TPSA) is 118 Å². The van der Waals surface area contributed by atoms with E-state index in [-0.39, 0.29) is 34.5 Å². The quantitative estimate of drug-likeness (QED) is 0.111. The van der Waals surface area contributed by atoms with Crippen LogP contribution in [0.2, 0.25) is 0 Å². The lowest BCUT2D eigenvalue weighted by Crippen LogP contribution is -2.52. The lowest BCUT2D eigenvalue weighted by Gasteiger charge is -2.43. The van der Waals surface area contributed by atoms with Gasteiger partial charge in [-0.1, -0.05) is 110 Å². The van der Waals surface area contributed by atoms with Gasteiger partial charge >= 0.3 is 0 Å². The molecule has 51 heavy (non-hydrogen) atoms. The molecule has 2 aliphatic carbocycles. The minimum absolute atomic E-state index is 0.0420. The molecule has 0 aromatic heterocycles. The molecule has 3 aromatic carbocycles. The Hall–Kier alpha value is -4.34. The van der Waals surface area contributed by atoms with Gasteiger partial charge in [-0.2, -0.15) is 4.31 Å². The predicted octanol–water partition coefficient (Wildman–Crippen LogP) is 7.21. The van der Waals surface area contributed by atoms with Crippen LogP contribution >= 0.6 is 0 Å². The van der Waals surface area contributed by atoms with Crippen LogP contribution in [0.4, 0.5) is 0 Å². The van der Waals surface area contributed by atoms with Crippen LogP contribution in [0, 0.1) is 24.7 Å². The number of unbranched alkanes of at least 4 members (excludes halogenated alkanes) is 3. The number of carbonyl (C=O) groups is 3. The maximum Gasteiger partial charge on any atom is 0.260 e. The Labute approximate surface area is 303 Å². The second kappa shape index (κ2) is 17.7. The molecule has 0 saturated heterocycles. The third-order valence-corrected chi connectivity index (χ3v) is 12.7. The molecule has 0 aliphatic heterocycles. The Kier molecular flexibility index (Phi) is 13.2.